The van der Waals surface area contributed by atoms with E-state index in [4.69, 9.17) is 18.9 Å². The number of hydrogen-bond donors (Lipinski definition) is 0. The van der Waals surface area contributed by atoms with E-state index in [0.717, 1.165) is 0 Å². The number of hydrogen-bond acceptors (Lipinski definition) is 8. The van der Waals surface area contributed by atoms with Crippen LogP contribution in [-0.4, -0.2) is 49.2 Å². The molecule has 1 aromatic heterocycles. The lowest BCUT2D eigenvalue weighted by Crippen LogP contribution is -2.46. The molecular weight excluding hydrogens is 316 g/mol. The van der Waals surface area contributed by atoms with Crippen LogP contribution in [-0.2, 0) is 23.8 Å². The van der Waals surface area contributed by atoms with Crippen LogP contribution in [0.2, 0.25) is 0 Å². The summed E-state index contributed by atoms with van der Waals surface area (Å²) >= 11 is 0. The fourth-order valence-corrected chi connectivity index (χ4v) is 2.00. The molecule has 0 saturated carbocycles. The fraction of sp³-hybridized carbons (Fsp3) is 0.500. The molecule has 8 nitrogen and oxygen atoms in total. The second-order valence-electron chi connectivity index (χ2n) is 5.59. The summed E-state index contributed by atoms with van der Waals surface area (Å²) in [5, 5.41) is 0. The van der Waals surface area contributed by atoms with E-state index in [2.05, 4.69) is 9.98 Å². The molecule has 2 heterocycles. The predicted octanol–water partition coefficient (Wildman–Crippen LogP) is 1.57. The normalized spacial score (nSPS) is 17.7. The number of methoxy groups -OCH3 is 1. The molecule has 24 heavy (non-hydrogen) atoms. The van der Waals surface area contributed by atoms with Gasteiger partial charge in [-0.25, -0.2) is 9.98 Å². The van der Waals surface area contributed by atoms with E-state index in [0.29, 0.717) is 30.5 Å². The zero-order valence-electron chi connectivity index (χ0n) is 14.1. The Bertz CT molecular complexity index is 636. The van der Waals surface area contributed by atoms with Gasteiger partial charge in [0.2, 0.25) is 0 Å². The lowest BCUT2D eigenvalue weighted by atomic mass is 10.1. The number of cyclic esters (lactones) is 2. The summed E-state index contributed by atoms with van der Waals surface area (Å²) in [7, 11) is 1.59. The quantitative estimate of drug-likeness (QED) is 0.337. The number of rotatable bonds is 6. The predicted molar refractivity (Wildman–Crippen MR) is 84.3 cm³/mol. The average molecular weight is 336 g/mol. The second-order valence-corrected chi connectivity index (χ2v) is 5.59. The third-order valence-corrected chi connectivity index (χ3v) is 3.12. The molecule has 0 N–H and O–H groups in total. The third kappa shape index (κ3) is 4.51. The van der Waals surface area contributed by atoms with Gasteiger partial charge in [-0.2, -0.15) is 0 Å². The van der Waals surface area contributed by atoms with Crippen LogP contribution in [0.25, 0.3) is 0 Å². The summed E-state index contributed by atoms with van der Waals surface area (Å²) in [6.45, 7) is 5.64. The highest BCUT2D eigenvalue weighted by molar-refractivity contribution is 6.10. The van der Waals surface area contributed by atoms with E-state index in [1.807, 2.05) is 0 Å². The molecule has 1 aliphatic rings. The van der Waals surface area contributed by atoms with Crippen LogP contribution >= 0.6 is 0 Å². The van der Waals surface area contributed by atoms with Crippen molar-refractivity contribution in [3.05, 3.63) is 17.8 Å². The number of ether oxygens (including phenoxy) is 4. The van der Waals surface area contributed by atoms with E-state index < -0.39 is 23.6 Å². The van der Waals surface area contributed by atoms with E-state index in [9.17, 15) is 9.59 Å². The Hall–Kier alpha value is -2.48. The van der Waals surface area contributed by atoms with Crippen LogP contribution in [0.1, 0.15) is 19.5 Å². The third-order valence-electron chi connectivity index (χ3n) is 3.12. The maximum atomic E-state index is 11.8. The molecule has 8 heteroatoms. The maximum Gasteiger partial charge on any atom is 0.329 e. The van der Waals surface area contributed by atoms with Crippen LogP contribution in [0.5, 0.6) is 5.75 Å². The van der Waals surface area contributed by atoms with Gasteiger partial charge in [0, 0.05) is 27.2 Å². The van der Waals surface area contributed by atoms with Crippen molar-refractivity contribution in [2.45, 2.75) is 26.6 Å². The summed E-state index contributed by atoms with van der Waals surface area (Å²) in [4.78, 5) is 32.0. The minimum Gasteiger partial charge on any atom is -0.489 e. The first-order valence-electron chi connectivity index (χ1n) is 7.41. The summed E-state index contributed by atoms with van der Waals surface area (Å²) < 4.78 is 20.4. The number of aliphatic imine (C=N–C) groups is 1. The molecule has 1 aromatic rings. The number of esters is 2. The number of aromatic nitrogens is 1. The molecule has 0 radical (unpaired) electrons. The molecule has 130 valence electrons. The van der Waals surface area contributed by atoms with Crippen molar-refractivity contribution < 1.29 is 28.5 Å². The first kappa shape index (κ1) is 17.9. The summed E-state index contributed by atoms with van der Waals surface area (Å²) in [5.74, 6) is -2.89. The van der Waals surface area contributed by atoms with E-state index >= 15 is 0 Å². The van der Waals surface area contributed by atoms with Gasteiger partial charge >= 0.3 is 11.9 Å². The van der Waals surface area contributed by atoms with Crippen molar-refractivity contribution in [1.82, 2.24) is 4.98 Å². The zero-order valence-corrected chi connectivity index (χ0v) is 14.1. The lowest BCUT2D eigenvalue weighted by molar-refractivity contribution is -0.235. The average Bonchev–Trinajstić information content (AvgIpc) is 2.47. The van der Waals surface area contributed by atoms with E-state index in [1.54, 1.807) is 26.2 Å². The molecule has 1 saturated heterocycles. The highest BCUT2D eigenvalue weighted by atomic mass is 16.7. The largest absolute Gasteiger partial charge is 0.489 e. The van der Waals surface area contributed by atoms with Gasteiger partial charge in [0.05, 0.1) is 12.3 Å². The molecule has 0 amide bonds. The number of carbonyl (C=O) groups is 2. The SMILES string of the molecule is COCCOc1ccc(N=CC2C(=O)OC(C)(C)OC2=O)nc1C. The molecule has 1 fully saturated rings. The molecular formula is C16H20N2O6. The number of carbonyl (C=O) groups excluding carboxylic acids is 2. The molecule has 0 spiro atoms. The van der Waals surface area contributed by atoms with Gasteiger partial charge < -0.3 is 18.9 Å². The second kappa shape index (κ2) is 7.39. The highest BCUT2D eigenvalue weighted by Gasteiger charge is 2.42. The summed E-state index contributed by atoms with van der Waals surface area (Å²) in [5.41, 5.74) is 0.635. The highest BCUT2D eigenvalue weighted by Crippen LogP contribution is 2.23. The summed E-state index contributed by atoms with van der Waals surface area (Å²) in [6, 6.07) is 3.33. The Labute approximate surface area is 139 Å². The Balaban J connectivity index is 2.05. The van der Waals surface area contributed by atoms with E-state index in [1.165, 1.54) is 20.1 Å². The number of aryl methyl sites for hydroxylation is 1. The molecule has 0 atom stereocenters. The van der Waals surface area contributed by atoms with E-state index in [-0.39, 0.29) is 0 Å². The van der Waals surface area contributed by atoms with Crippen LogP contribution in [0.3, 0.4) is 0 Å². The van der Waals surface area contributed by atoms with Crippen molar-refractivity contribution in [1.29, 1.82) is 0 Å². The Kier molecular flexibility index (Phi) is 5.50. The smallest absolute Gasteiger partial charge is 0.329 e. The van der Waals surface area contributed by atoms with Crippen molar-refractivity contribution in [3.8, 4) is 5.75 Å². The Morgan fingerprint density at radius 3 is 2.50 bits per heavy atom. The molecule has 0 aliphatic carbocycles. The van der Waals surface area contributed by atoms with Gasteiger partial charge in [-0.15, -0.1) is 0 Å². The first-order valence-corrected chi connectivity index (χ1v) is 7.41. The first-order chi connectivity index (χ1) is 11.3. The number of pyridine rings is 1. The lowest BCUT2D eigenvalue weighted by Gasteiger charge is -2.31. The fourth-order valence-electron chi connectivity index (χ4n) is 2.00. The van der Waals surface area contributed by atoms with Crippen LogP contribution in [0.4, 0.5) is 5.82 Å². The zero-order chi connectivity index (χ0) is 17.7. The summed E-state index contributed by atoms with van der Waals surface area (Å²) in [6.07, 6.45) is 1.17. The van der Waals surface area contributed by atoms with Crippen LogP contribution in [0.15, 0.2) is 17.1 Å². The van der Waals surface area contributed by atoms with Gasteiger partial charge in [0.15, 0.2) is 11.7 Å². The van der Waals surface area contributed by atoms with Crippen molar-refractivity contribution in [2.24, 2.45) is 10.9 Å². The standard InChI is InChI=1S/C16H20N2O6/c1-10-12(22-8-7-21-4)5-6-13(18-10)17-9-11-14(19)23-16(2,3)24-15(11)20/h5-6,9,11H,7-8H2,1-4H3. The monoisotopic (exact) mass is 336 g/mol. The topological polar surface area (TPSA) is 96.3 Å². The number of nitrogens with zero attached hydrogens (tertiary/aromatic N) is 2. The van der Waals surface area contributed by atoms with Gasteiger partial charge in [-0.3, -0.25) is 9.59 Å². The van der Waals surface area contributed by atoms with Crippen molar-refractivity contribution in [3.63, 3.8) is 0 Å². The Morgan fingerprint density at radius 1 is 1.25 bits per heavy atom. The molecule has 0 bridgehead atoms. The van der Waals surface area contributed by atoms with Crippen molar-refractivity contribution in [2.75, 3.05) is 20.3 Å². The van der Waals surface area contributed by atoms with Crippen molar-refractivity contribution >= 4 is 24.0 Å². The van der Waals surface area contributed by atoms with Gasteiger partial charge in [0.25, 0.3) is 5.79 Å². The molecule has 0 aromatic carbocycles. The minimum atomic E-state index is -1.26. The van der Waals surface area contributed by atoms with Crippen LogP contribution in [0, 0.1) is 12.8 Å². The maximum absolute atomic E-state index is 11.8. The van der Waals surface area contributed by atoms with Gasteiger partial charge in [0.1, 0.15) is 12.4 Å². The minimum absolute atomic E-state index is 0.344. The molecule has 1 aliphatic heterocycles. The molecule has 2 rings (SSSR count). The van der Waals surface area contributed by atoms with Gasteiger partial charge in [-0.1, -0.05) is 0 Å². The Morgan fingerprint density at radius 2 is 1.92 bits per heavy atom. The van der Waals surface area contributed by atoms with Gasteiger partial charge in [-0.05, 0) is 19.1 Å². The van der Waals surface area contributed by atoms with Crippen LogP contribution < -0.4 is 4.74 Å². The molecule has 0 unspecified atom stereocenters.